The largest absolute Gasteiger partial charge is 0.337 e. The van der Waals surface area contributed by atoms with E-state index in [1.165, 1.54) is 14.2 Å². The maximum absolute atomic E-state index is 4.62. The second-order valence-corrected chi connectivity index (χ2v) is 1.18. The van der Waals surface area contributed by atoms with E-state index in [-0.39, 0.29) is 0 Å². The van der Waals surface area contributed by atoms with Crippen molar-refractivity contribution in [3.05, 3.63) is 0 Å². The molecule has 0 saturated heterocycles. The molecule has 0 aliphatic rings. The maximum atomic E-state index is 4.62. The van der Waals surface area contributed by atoms with Crippen LogP contribution in [0.15, 0.2) is 4.99 Å². The molecule has 46 valence electrons. The topological polar surface area (TPSA) is 30.8 Å². The monoisotopic (exact) mass is 133 g/mol. The standard InChI is InChI=1S/C4H7NO2S/c1-6-4(7-2)5-3-8/h4H,1-2H3. The summed E-state index contributed by atoms with van der Waals surface area (Å²) in [5.74, 6) is 0. The summed E-state index contributed by atoms with van der Waals surface area (Å²) in [6.45, 7) is 0. The number of hydrogen-bond donors (Lipinski definition) is 0. The average molecular weight is 133 g/mol. The molecule has 0 radical (unpaired) electrons. The molecular formula is C4H7NO2S. The fourth-order valence-electron chi connectivity index (χ4n) is 0.245. The minimum atomic E-state index is -0.590. The Kier molecular flexibility index (Phi) is 4.70. The van der Waals surface area contributed by atoms with Gasteiger partial charge in [0, 0.05) is 14.2 Å². The maximum Gasteiger partial charge on any atom is 0.266 e. The molecule has 0 rings (SSSR count). The van der Waals surface area contributed by atoms with Crippen LogP contribution in [0.1, 0.15) is 0 Å². The Morgan fingerprint density at radius 2 is 2.00 bits per heavy atom. The van der Waals surface area contributed by atoms with Gasteiger partial charge in [-0.15, -0.1) is 0 Å². The van der Waals surface area contributed by atoms with Crippen molar-refractivity contribution in [3.63, 3.8) is 0 Å². The number of ether oxygens (including phenoxy) is 2. The first-order valence-corrected chi connectivity index (χ1v) is 2.38. The molecule has 0 aliphatic carbocycles. The summed E-state index contributed by atoms with van der Waals surface area (Å²) >= 11 is 4.28. The molecule has 0 aliphatic heterocycles. The van der Waals surface area contributed by atoms with Crippen molar-refractivity contribution in [3.8, 4) is 0 Å². The highest BCUT2D eigenvalue weighted by molar-refractivity contribution is 7.78. The number of aliphatic imine (C=N–C) groups is 1. The zero-order chi connectivity index (χ0) is 6.41. The van der Waals surface area contributed by atoms with Gasteiger partial charge in [-0.05, 0) is 12.2 Å². The Balaban J connectivity index is 3.52. The molecule has 0 heterocycles. The molecule has 0 spiro atoms. The van der Waals surface area contributed by atoms with Crippen molar-refractivity contribution < 1.29 is 9.47 Å². The Hall–Kier alpha value is -0.280. The fourth-order valence-corrected chi connectivity index (χ4v) is 0.331. The highest BCUT2D eigenvalue weighted by Crippen LogP contribution is 1.88. The van der Waals surface area contributed by atoms with Gasteiger partial charge in [-0.25, -0.2) is 0 Å². The van der Waals surface area contributed by atoms with Gasteiger partial charge in [-0.2, -0.15) is 4.99 Å². The van der Waals surface area contributed by atoms with E-state index < -0.39 is 6.41 Å². The third-order valence-electron chi connectivity index (χ3n) is 0.561. The van der Waals surface area contributed by atoms with Gasteiger partial charge in [0.1, 0.15) is 0 Å². The summed E-state index contributed by atoms with van der Waals surface area (Å²) in [5, 5.41) is 2.13. The molecule has 4 heteroatoms. The summed E-state index contributed by atoms with van der Waals surface area (Å²) < 4.78 is 9.24. The first-order valence-electron chi connectivity index (χ1n) is 1.97. The van der Waals surface area contributed by atoms with Crippen LogP contribution in [0.25, 0.3) is 0 Å². The summed E-state index contributed by atoms with van der Waals surface area (Å²) in [6, 6.07) is 0. The molecule has 0 saturated carbocycles. The number of methoxy groups -OCH3 is 2. The van der Waals surface area contributed by atoms with Crippen LogP contribution in [0.4, 0.5) is 0 Å². The highest BCUT2D eigenvalue weighted by atomic mass is 32.1. The predicted octanol–water partition coefficient (Wildman–Crippen LogP) is 0.666. The Morgan fingerprint density at radius 1 is 1.50 bits per heavy atom. The number of hydrogen-bond acceptors (Lipinski definition) is 4. The lowest BCUT2D eigenvalue weighted by molar-refractivity contribution is -0.0940. The summed E-state index contributed by atoms with van der Waals surface area (Å²) in [6.07, 6.45) is -0.590. The van der Waals surface area contributed by atoms with Crippen molar-refractivity contribution in [2.45, 2.75) is 6.41 Å². The zero-order valence-corrected chi connectivity index (χ0v) is 5.57. The third-order valence-corrected chi connectivity index (χ3v) is 0.667. The predicted molar refractivity (Wildman–Crippen MR) is 32.8 cm³/mol. The lowest BCUT2D eigenvalue weighted by Crippen LogP contribution is -2.07. The quantitative estimate of drug-likeness (QED) is 0.322. The third kappa shape index (κ3) is 2.82. The number of thiocarbonyl (C=S) groups is 1. The van der Waals surface area contributed by atoms with E-state index >= 15 is 0 Å². The van der Waals surface area contributed by atoms with E-state index in [1.807, 2.05) is 0 Å². The molecule has 0 bridgehead atoms. The van der Waals surface area contributed by atoms with Gasteiger partial charge in [-0.3, -0.25) is 0 Å². The fraction of sp³-hybridized carbons (Fsp3) is 0.750. The van der Waals surface area contributed by atoms with Crippen molar-refractivity contribution in [1.82, 2.24) is 0 Å². The van der Waals surface area contributed by atoms with E-state index in [9.17, 15) is 0 Å². The molecule has 0 N–H and O–H groups in total. The molecule has 3 nitrogen and oxygen atoms in total. The van der Waals surface area contributed by atoms with Crippen LogP contribution in [-0.4, -0.2) is 25.8 Å². The van der Waals surface area contributed by atoms with Gasteiger partial charge < -0.3 is 9.47 Å². The molecule has 0 amide bonds. The summed E-state index contributed by atoms with van der Waals surface area (Å²) in [5.41, 5.74) is 0. The molecule has 0 unspecified atom stereocenters. The minimum absolute atomic E-state index is 0.590. The smallest absolute Gasteiger partial charge is 0.266 e. The van der Waals surface area contributed by atoms with Crippen LogP contribution in [0.5, 0.6) is 0 Å². The number of isothiocyanates is 1. The first kappa shape index (κ1) is 7.72. The minimum Gasteiger partial charge on any atom is -0.337 e. The van der Waals surface area contributed by atoms with Gasteiger partial charge in [0.15, 0.2) is 0 Å². The van der Waals surface area contributed by atoms with Crippen molar-refractivity contribution in [2.24, 2.45) is 4.99 Å². The van der Waals surface area contributed by atoms with E-state index in [0.29, 0.717) is 0 Å². The van der Waals surface area contributed by atoms with Crippen LogP contribution >= 0.6 is 12.2 Å². The second-order valence-electron chi connectivity index (χ2n) is 0.999. The van der Waals surface area contributed by atoms with Crippen LogP contribution in [0, 0.1) is 0 Å². The van der Waals surface area contributed by atoms with Crippen molar-refractivity contribution >= 4 is 17.4 Å². The molecule has 0 atom stereocenters. The van der Waals surface area contributed by atoms with E-state index in [1.54, 1.807) is 0 Å². The van der Waals surface area contributed by atoms with E-state index in [0.717, 1.165) is 0 Å². The molecule has 0 fully saturated rings. The molecule has 0 aromatic heterocycles. The van der Waals surface area contributed by atoms with Crippen molar-refractivity contribution in [1.29, 1.82) is 0 Å². The van der Waals surface area contributed by atoms with Crippen LogP contribution < -0.4 is 0 Å². The Morgan fingerprint density at radius 3 is 2.12 bits per heavy atom. The number of rotatable bonds is 3. The molecular weight excluding hydrogens is 126 g/mol. The SMILES string of the molecule is COC(N=C=S)OC. The van der Waals surface area contributed by atoms with Gasteiger partial charge in [0.25, 0.3) is 6.41 Å². The molecule has 0 aromatic rings. The van der Waals surface area contributed by atoms with Gasteiger partial charge in [-0.1, -0.05) is 0 Å². The van der Waals surface area contributed by atoms with E-state index in [2.05, 4.69) is 31.8 Å². The van der Waals surface area contributed by atoms with Crippen LogP contribution in [0.2, 0.25) is 0 Å². The second kappa shape index (κ2) is 4.87. The Labute approximate surface area is 53.3 Å². The Bertz CT molecular complexity index is 96.2. The highest BCUT2D eigenvalue weighted by Gasteiger charge is 1.95. The summed E-state index contributed by atoms with van der Waals surface area (Å²) in [7, 11) is 2.95. The molecule has 0 aromatic carbocycles. The van der Waals surface area contributed by atoms with E-state index in [4.69, 9.17) is 0 Å². The number of nitrogens with zero attached hydrogens (tertiary/aromatic N) is 1. The van der Waals surface area contributed by atoms with Crippen molar-refractivity contribution in [2.75, 3.05) is 14.2 Å². The van der Waals surface area contributed by atoms with Gasteiger partial charge in [0.05, 0.1) is 5.16 Å². The van der Waals surface area contributed by atoms with Gasteiger partial charge >= 0.3 is 0 Å². The normalized spacial score (nSPS) is 8.88. The summed E-state index contributed by atoms with van der Waals surface area (Å²) in [4.78, 5) is 3.48. The molecule has 8 heavy (non-hydrogen) atoms. The van der Waals surface area contributed by atoms with Gasteiger partial charge in [0.2, 0.25) is 0 Å². The van der Waals surface area contributed by atoms with Crippen LogP contribution in [0.3, 0.4) is 0 Å². The first-order chi connectivity index (χ1) is 3.85. The van der Waals surface area contributed by atoms with Crippen LogP contribution in [-0.2, 0) is 9.47 Å². The lowest BCUT2D eigenvalue weighted by Gasteiger charge is -2.02. The lowest BCUT2D eigenvalue weighted by atomic mass is 11.1. The average Bonchev–Trinajstić information content (AvgIpc) is 1.83. The zero-order valence-electron chi connectivity index (χ0n) is 4.75.